The molecule has 4 atom stereocenters. The van der Waals surface area contributed by atoms with Crippen molar-refractivity contribution in [1.82, 2.24) is 16.0 Å². The van der Waals surface area contributed by atoms with E-state index in [0.29, 0.717) is 24.9 Å². The number of carboxylic acids is 2. The van der Waals surface area contributed by atoms with Gasteiger partial charge in [0.2, 0.25) is 17.7 Å². The van der Waals surface area contributed by atoms with Gasteiger partial charge in [-0.05, 0) is 62.3 Å². The maximum Gasteiger partial charge on any atom is 0.326 e. The van der Waals surface area contributed by atoms with Crippen LogP contribution in [0.1, 0.15) is 57.9 Å². The Morgan fingerprint density at radius 1 is 0.821 bits per heavy atom. The van der Waals surface area contributed by atoms with Gasteiger partial charge >= 0.3 is 11.9 Å². The predicted molar refractivity (Wildman–Crippen MR) is 142 cm³/mol. The first-order valence-corrected chi connectivity index (χ1v) is 12.9. The number of carboxylic acid groups (broad SMARTS) is 2. The lowest BCUT2D eigenvalue weighted by Crippen LogP contribution is -2.57. The average molecular weight is 552 g/mol. The Kier molecular flexibility index (Phi) is 14.5. The quantitative estimate of drug-likeness (QED) is 0.112. The summed E-state index contributed by atoms with van der Waals surface area (Å²) in [5, 5.41) is 35.6. The van der Waals surface area contributed by atoms with Crippen molar-refractivity contribution in [3.8, 4) is 5.75 Å². The van der Waals surface area contributed by atoms with E-state index in [2.05, 4.69) is 16.0 Å². The molecule has 0 aliphatic carbocycles. The van der Waals surface area contributed by atoms with Crippen molar-refractivity contribution in [2.75, 3.05) is 6.54 Å². The van der Waals surface area contributed by atoms with Crippen LogP contribution < -0.4 is 27.4 Å². The summed E-state index contributed by atoms with van der Waals surface area (Å²) in [6, 6.07) is 1.32. The van der Waals surface area contributed by atoms with E-state index in [1.807, 2.05) is 13.8 Å². The molecule has 3 amide bonds. The van der Waals surface area contributed by atoms with E-state index in [1.165, 1.54) is 12.1 Å². The first-order valence-electron chi connectivity index (χ1n) is 12.9. The highest BCUT2D eigenvalue weighted by molar-refractivity contribution is 5.94. The molecule has 0 spiro atoms. The molecule has 39 heavy (non-hydrogen) atoms. The molecule has 0 aliphatic rings. The van der Waals surface area contributed by atoms with Crippen molar-refractivity contribution < 1.29 is 39.3 Å². The third-order valence-corrected chi connectivity index (χ3v) is 5.92. The number of hydrogen-bond donors (Lipinski definition) is 8. The zero-order valence-electron chi connectivity index (χ0n) is 22.4. The molecule has 0 heterocycles. The second-order valence-electron chi connectivity index (χ2n) is 9.85. The van der Waals surface area contributed by atoms with Gasteiger partial charge in [-0.1, -0.05) is 26.0 Å². The van der Waals surface area contributed by atoms with Gasteiger partial charge in [0, 0.05) is 12.8 Å². The van der Waals surface area contributed by atoms with E-state index < -0.39 is 53.8 Å². The number of carbonyl (C=O) groups is 5. The van der Waals surface area contributed by atoms with E-state index in [4.69, 9.17) is 16.6 Å². The van der Waals surface area contributed by atoms with E-state index in [-0.39, 0.29) is 43.8 Å². The predicted octanol–water partition coefficient (Wildman–Crippen LogP) is -0.159. The maximum atomic E-state index is 13.3. The van der Waals surface area contributed by atoms with Crippen LogP contribution in [0.4, 0.5) is 0 Å². The maximum absolute atomic E-state index is 13.3. The number of nitrogens with two attached hydrogens (primary N) is 2. The summed E-state index contributed by atoms with van der Waals surface area (Å²) in [6.45, 7) is 4.06. The molecule has 0 saturated heterocycles. The van der Waals surface area contributed by atoms with Gasteiger partial charge in [-0.25, -0.2) is 4.79 Å². The Morgan fingerprint density at radius 3 is 1.92 bits per heavy atom. The first-order chi connectivity index (χ1) is 18.3. The Morgan fingerprint density at radius 2 is 1.38 bits per heavy atom. The molecule has 13 heteroatoms. The third kappa shape index (κ3) is 13.1. The molecule has 0 aromatic heterocycles. The lowest BCUT2D eigenvalue weighted by Gasteiger charge is -2.26. The highest BCUT2D eigenvalue weighted by Crippen LogP contribution is 2.13. The number of phenols is 1. The fourth-order valence-corrected chi connectivity index (χ4v) is 3.76. The smallest absolute Gasteiger partial charge is 0.326 e. The van der Waals surface area contributed by atoms with E-state index in [1.54, 1.807) is 12.1 Å². The van der Waals surface area contributed by atoms with E-state index in [9.17, 15) is 34.2 Å². The number of hydrogen-bond acceptors (Lipinski definition) is 8. The summed E-state index contributed by atoms with van der Waals surface area (Å²) in [6.07, 6.45) is 0.968. The molecule has 0 aliphatic heterocycles. The van der Waals surface area contributed by atoms with Crippen LogP contribution >= 0.6 is 0 Å². The molecule has 0 saturated carbocycles. The largest absolute Gasteiger partial charge is 0.508 e. The van der Waals surface area contributed by atoms with Gasteiger partial charge in [0.25, 0.3) is 0 Å². The number of nitrogens with one attached hydrogen (secondary N) is 3. The number of unbranched alkanes of at least 4 members (excludes halogenated alkanes) is 1. The van der Waals surface area contributed by atoms with Crippen LogP contribution in [0.5, 0.6) is 5.75 Å². The summed E-state index contributed by atoms with van der Waals surface area (Å²) in [5.74, 6) is -4.50. The summed E-state index contributed by atoms with van der Waals surface area (Å²) in [7, 11) is 0. The number of benzene rings is 1. The number of aliphatic carboxylic acids is 2. The molecule has 10 N–H and O–H groups in total. The molecule has 1 aromatic carbocycles. The van der Waals surface area contributed by atoms with Crippen molar-refractivity contribution in [3.05, 3.63) is 29.8 Å². The number of rotatable bonds is 18. The van der Waals surface area contributed by atoms with Crippen molar-refractivity contribution in [2.24, 2.45) is 17.4 Å². The lowest BCUT2D eigenvalue weighted by atomic mass is 10.00. The van der Waals surface area contributed by atoms with Gasteiger partial charge in [0.05, 0.1) is 6.04 Å². The van der Waals surface area contributed by atoms with Crippen molar-refractivity contribution in [2.45, 2.75) is 83.0 Å². The molecule has 0 radical (unpaired) electrons. The first kappa shape index (κ1) is 33.3. The van der Waals surface area contributed by atoms with Gasteiger partial charge in [-0.3, -0.25) is 19.2 Å². The zero-order chi connectivity index (χ0) is 29.5. The Balaban J connectivity index is 3.10. The molecular formula is C26H41N5O8. The second kappa shape index (κ2) is 17.0. The van der Waals surface area contributed by atoms with Gasteiger partial charge in [0.1, 0.15) is 23.9 Å². The topological polar surface area (TPSA) is 234 Å². The number of carbonyl (C=O) groups excluding carboxylic acids is 3. The molecule has 0 bridgehead atoms. The SMILES string of the molecule is CC(C)CC(NC(=O)C(Cc1ccc(O)cc1)NC(=O)C(N)CCC(=O)O)C(=O)NC(CCCCN)C(=O)O. The van der Waals surface area contributed by atoms with Crippen LogP contribution in [-0.4, -0.2) is 75.7 Å². The van der Waals surface area contributed by atoms with Crippen LogP contribution in [0, 0.1) is 5.92 Å². The summed E-state index contributed by atoms with van der Waals surface area (Å²) < 4.78 is 0. The lowest BCUT2D eigenvalue weighted by molar-refractivity contribution is -0.142. The molecule has 1 aromatic rings. The molecule has 1 rings (SSSR count). The number of amides is 3. The van der Waals surface area contributed by atoms with Gasteiger partial charge in [0.15, 0.2) is 0 Å². The minimum atomic E-state index is -1.21. The van der Waals surface area contributed by atoms with Crippen molar-refractivity contribution in [1.29, 1.82) is 0 Å². The minimum Gasteiger partial charge on any atom is -0.508 e. The van der Waals surface area contributed by atoms with Crippen LogP contribution in [0.25, 0.3) is 0 Å². The van der Waals surface area contributed by atoms with E-state index >= 15 is 0 Å². The van der Waals surface area contributed by atoms with E-state index in [0.717, 1.165) is 0 Å². The summed E-state index contributed by atoms with van der Waals surface area (Å²) >= 11 is 0. The molecular weight excluding hydrogens is 510 g/mol. The van der Waals surface area contributed by atoms with Crippen LogP contribution in [-0.2, 0) is 30.4 Å². The van der Waals surface area contributed by atoms with Crippen molar-refractivity contribution in [3.63, 3.8) is 0 Å². The number of aromatic hydroxyl groups is 1. The fourth-order valence-electron chi connectivity index (χ4n) is 3.76. The summed E-state index contributed by atoms with van der Waals surface area (Å²) in [4.78, 5) is 61.6. The fraction of sp³-hybridized carbons (Fsp3) is 0.577. The second-order valence-corrected chi connectivity index (χ2v) is 9.85. The highest BCUT2D eigenvalue weighted by Gasteiger charge is 2.31. The molecule has 0 fully saturated rings. The van der Waals surface area contributed by atoms with Gasteiger partial charge in [-0.2, -0.15) is 0 Å². The standard InChI is InChI=1S/C26H41N5O8/c1-15(2)13-20(24(36)29-19(26(38)39)5-3-4-12-27)31-25(37)21(14-16-6-8-17(32)9-7-16)30-23(35)18(28)10-11-22(33)34/h6-9,15,18-21,32H,3-5,10-14,27-28H2,1-2H3,(H,29,36)(H,30,35)(H,31,37)(H,33,34)(H,38,39). The van der Waals surface area contributed by atoms with Crippen molar-refractivity contribution >= 4 is 29.7 Å². The van der Waals surface area contributed by atoms with Gasteiger partial charge < -0.3 is 42.7 Å². The normalized spacial score (nSPS) is 14.1. The van der Waals surface area contributed by atoms with Crippen LogP contribution in [0.3, 0.4) is 0 Å². The third-order valence-electron chi connectivity index (χ3n) is 5.92. The Labute approximate surface area is 227 Å². The number of phenolic OH excluding ortho intramolecular Hbond substituents is 1. The molecule has 218 valence electrons. The monoisotopic (exact) mass is 551 g/mol. The average Bonchev–Trinajstić information content (AvgIpc) is 2.86. The molecule has 4 unspecified atom stereocenters. The highest BCUT2D eigenvalue weighted by atomic mass is 16.4. The summed E-state index contributed by atoms with van der Waals surface area (Å²) in [5.41, 5.74) is 11.9. The Bertz CT molecular complexity index is 970. The zero-order valence-corrected chi connectivity index (χ0v) is 22.4. The molecule has 13 nitrogen and oxygen atoms in total. The van der Waals surface area contributed by atoms with Gasteiger partial charge in [-0.15, -0.1) is 0 Å². The van der Waals surface area contributed by atoms with Crippen LogP contribution in [0.2, 0.25) is 0 Å². The Hall–Kier alpha value is -3.71. The van der Waals surface area contributed by atoms with Crippen LogP contribution in [0.15, 0.2) is 24.3 Å². The minimum absolute atomic E-state index is 0.00703.